The van der Waals surface area contributed by atoms with Gasteiger partial charge in [-0.3, -0.25) is 0 Å². The molecular weight excluding hydrogens is 549 g/mol. The molecule has 0 N–H and O–H groups in total. The summed E-state index contributed by atoms with van der Waals surface area (Å²) >= 11 is 3.99. The Morgan fingerprint density at radius 2 is 0.902 bits per heavy atom. The fourth-order valence-corrected chi connectivity index (χ4v) is 16.3. The fourth-order valence-electron chi connectivity index (χ4n) is 7.31. The molecule has 0 bridgehead atoms. The summed E-state index contributed by atoms with van der Waals surface area (Å²) in [6.45, 7) is 23.8. The summed E-state index contributed by atoms with van der Waals surface area (Å²) < 4.78 is 0. The van der Waals surface area contributed by atoms with E-state index in [-0.39, 0.29) is 10.8 Å². The maximum absolute atomic E-state index is 2.65. The van der Waals surface area contributed by atoms with Crippen LogP contribution in [0.4, 0.5) is 0 Å². The zero-order chi connectivity index (χ0) is 29.5. The maximum Gasteiger partial charge on any atom is 0.0743 e. The van der Waals surface area contributed by atoms with E-state index in [1.165, 1.54) is 44.5 Å². The Balaban J connectivity index is 1.33. The van der Waals surface area contributed by atoms with Gasteiger partial charge < -0.3 is 0 Å². The molecule has 2 heterocycles. The molecule has 0 fully saturated rings. The Hall–Kier alpha value is -2.46. The molecule has 2 aliphatic carbocycles. The van der Waals surface area contributed by atoms with Crippen LogP contribution in [0, 0.1) is 0 Å². The van der Waals surface area contributed by atoms with Gasteiger partial charge in [-0.15, -0.1) is 22.7 Å². The molecule has 2 atom stereocenters. The minimum absolute atomic E-state index is 0.176. The van der Waals surface area contributed by atoms with Gasteiger partial charge >= 0.3 is 0 Å². The van der Waals surface area contributed by atoms with E-state index in [9.17, 15) is 0 Å². The van der Waals surface area contributed by atoms with Crippen molar-refractivity contribution in [3.05, 3.63) is 102 Å². The van der Waals surface area contributed by atoms with Gasteiger partial charge in [0.15, 0.2) is 0 Å². The van der Waals surface area contributed by atoms with Crippen LogP contribution in [-0.4, -0.2) is 8.07 Å². The summed E-state index contributed by atoms with van der Waals surface area (Å²) in [5.41, 5.74) is 15.9. The van der Waals surface area contributed by atoms with Crippen LogP contribution < -0.4 is 0 Å². The summed E-state index contributed by atoms with van der Waals surface area (Å²) in [5.74, 6) is 0. The number of fused-ring (bicyclic) bond motifs is 2. The van der Waals surface area contributed by atoms with E-state index >= 15 is 0 Å². The minimum Gasteiger partial charge on any atom is -0.147 e. The molecule has 41 heavy (non-hydrogen) atoms. The molecule has 2 aliphatic rings. The van der Waals surface area contributed by atoms with Crippen molar-refractivity contribution in [2.45, 2.75) is 90.4 Å². The monoisotopic (exact) mass is 592 g/mol. The molecular formula is C38H44S2Si. The SMILES string of the molecule is CC1=Cc2c(-c3ccc(C(C)(C)C)cc3)csc2C1[Si](C)(C)C1C(C)=Cc2c(-c3ccc(C(C)(C)C)cc3)csc21. The first-order chi connectivity index (χ1) is 19.2. The molecule has 0 radical (unpaired) electrons. The number of hydrogen-bond donors (Lipinski definition) is 0. The van der Waals surface area contributed by atoms with E-state index < -0.39 is 8.07 Å². The van der Waals surface area contributed by atoms with Crippen molar-refractivity contribution in [3.63, 3.8) is 0 Å². The maximum atomic E-state index is 2.65. The van der Waals surface area contributed by atoms with Crippen LogP contribution in [0.3, 0.4) is 0 Å². The zero-order valence-electron chi connectivity index (χ0n) is 26.4. The van der Waals surface area contributed by atoms with Gasteiger partial charge in [0.2, 0.25) is 0 Å². The molecule has 2 unspecified atom stereocenters. The van der Waals surface area contributed by atoms with Crippen molar-refractivity contribution in [2.75, 3.05) is 0 Å². The molecule has 0 aliphatic heterocycles. The van der Waals surface area contributed by atoms with Crippen LogP contribution >= 0.6 is 22.7 Å². The lowest BCUT2D eigenvalue weighted by Crippen LogP contribution is -2.41. The van der Waals surface area contributed by atoms with Gasteiger partial charge in [0.1, 0.15) is 0 Å². The first-order valence-corrected chi connectivity index (χ1v) is 19.9. The van der Waals surface area contributed by atoms with Crippen LogP contribution in [0.2, 0.25) is 13.1 Å². The second-order valence-corrected chi connectivity index (χ2v) is 21.6. The van der Waals surface area contributed by atoms with Crippen molar-refractivity contribution < 1.29 is 0 Å². The summed E-state index contributed by atoms with van der Waals surface area (Å²) in [7, 11) is -1.82. The highest BCUT2D eigenvalue weighted by Gasteiger charge is 2.48. The molecule has 0 saturated carbocycles. The normalized spacial score (nSPS) is 18.8. The molecule has 4 aromatic rings. The first kappa shape index (κ1) is 28.6. The molecule has 0 nitrogen and oxygen atoms in total. The second kappa shape index (κ2) is 9.79. The minimum atomic E-state index is -1.82. The van der Waals surface area contributed by atoms with Crippen molar-refractivity contribution in [2.24, 2.45) is 0 Å². The fraction of sp³-hybridized carbons (Fsp3) is 0.368. The van der Waals surface area contributed by atoms with Gasteiger partial charge in [-0.1, -0.05) is 126 Å². The van der Waals surface area contributed by atoms with E-state index in [1.54, 1.807) is 20.9 Å². The van der Waals surface area contributed by atoms with Crippen LogP contribution in [-0.2, 0) is 10.8 Å². The molecule has 6 rings (SSSR count). The van der Waals surface area contributed by atoms with Crippen molar-refractivity contribution >= 4 is 42.9 Å². The predicted octanol–water partition coefficient (Wildman–Crippen LogP) is 12.2. The molecule has 2 aromatic carbocycles. The van der Waals surface area contributed by atoms with Crippen molar-refractivity contribution in [3.8, 4) is 22.3 Å². The Labute approximate surface area is 256 Å². The highest BCUT2D eigenvalue weighted by atomic mass is 32.1. The first-order valence-electron chi connectivity index (χ1n) is 15.0. The van der Waals surface area contributed by atoms with Gasteiger partial charge in [-0.05, 0) is 79.9 Å². The summed E-state index contributed by atoms with van der Waals surface area (Å²) in [6, 6.07) is 18.6. The van der Waals surface area contributed by atoms with E-state index in [0.717, 1.165) is 0 Å². The smallest absolute Gasteiger partial charge is 0.0743 e. The van der Waals surface area contributed by atoms with Gasteiger partial charge in [0.25, 0.3) is 0 Å². The number of hydrogen-bond acceptors (Lipinski definition) is 2. The topological polar surface area (TPSA) is 0 Å². The molecule has 212 valence electrons. The molecule has 0 amide bonds. The van der Waals surface area contributed by atoms with Gasteiger partial charge in [0.05, 0.1) is 8.07 Å². The van der Waals surface area contributed by atoms with Crippen LogP contribution in [0.25, 0.3) is 34.4 Å². The number of rotatable bonds is 4. The number of thiophene rings is 2. The Morgan fingerprint density at radius 1 is 0.561 bits per heavy atom. The third kappa shape index (κ3) is 4.78. The molecule has 0 saturated heterocycles. The lowest BCUT2D eigenvalue weighted by atomic mass is 9.86. The average Bonchev–Trinajstić information content (AvgIpc) is 3.62. The van der Waals surface area contributed by atoms with E-state index in [0.29, 0.717) is 11.1 Å². The van der Waals surface area contributed by atoms with Crippen LogP contribution in [0.5, 0.6) is 0 Å². The van der Waals surface area contributed by atoms with E-state index in [4.69, 9.17) is 0 Å². The summed E-state index contributed by atoms with van der Waals surface area (Å²) in [4.78, 5) is 3.20. The van der Waals surface area contributed by atoms with E-state index in [2.05, 4.69) is 140 Å². The summed E-state index contributed by atoms with van der Waals surface area (Å²) in [5, 5.41) is 4.84. The van der Waals surface area contributed by atoms with Crippen molar-refractivity contribution in [1.29, 1.82) is 0 Å². The summed E-state index contributed by atoms with van der Waals surface area (Å²) in [6.07, 6.45) is 5.04. The standard InChI is InChI=1S/C38H44S2Si/c1-23-19-29-31(25-11-15-27(16-12-25)37(3,4)5)21-39-33(29)35(23)41(9,10)36-24(2)20-30-32(22-40-34(30)36)26-13-17-28(18-14-26)38(6,7)8/h11-22,35-36H,1-10H3. The van der Waals surface area contributed by atoms with Gasteiger partial charge in [-0.25, -0.2) is 0 Å². The highest BCUT2D eigenvalue weighted by molar-refractivity contribution is 7.13. The zero-order valence-corrected chi connectivity index (χ0v) is 29.0. The van der Waals surface area contributed by atoms with Gasteiger partial charge in [0, 0.05) is 20.8 Å². The second-order valence-electron chi connectivity index (χ2n) is 15.0. The third-order valence-corrected chi connectivity index (χ3v) is 16.5. The molecule has 0 spiro atoms. The quantitative estimate of drug-likeness (QED) is 0.207. The molecule has 3 heteroatoms. The number of benzene rings is 2. The largest absolute Gasteiger partial charge is 0.147 e. The Morgan fingerprint density at radius 3 is 1.22 bits per heavy atom. The van der Waals surface area contributed by atoms with Crippen LogP contribution in [0.1, 0.15) is 98.5 Å². The lowest BCUT2D eigenvalue weighted by Gasteiger charge is -2.37. The lowest BCUT2D eigenvalue weighted by molar-refractivity contribution is 0.590. The Bertz CT molecular complexity index is 1550. The predicted molar refractivity (Wildman–Crippen MR) is 187 cm³/mol. The third-order valence-electron chi connectivity index (χ3n) is 9.51. The highest BCUT2D eigenvalue weighted by Crippen LogP contribution is 2.57. The average molecular weight is 593 g/mol. The van der Waals surface area contributed by atoms with Gasteiger partial charge in [-0.2, -0.15) is 0 Å². The molecule has 2 aromatic heterocycles. The van der Waals surface area contributed by atoms with E-state index in [1.807, 2.05) is 22.7 Å². The van der Waals surface area contributed by atoms with Crippen molar-refractivity contribution in [1.82, 2.24) is 0 Å². The number of allylic oxidation sites excluding steroid dienone is 2. The Kier molecular flexibility index (Phi) is 6.84. The van der Waals surface area contributed by atoms with Crippen LogP contribution in [0.15, 0.2) is 70.4 Å².